The van der Waals surface area contributed by atoms with Crippen LogP contribution in [0.15, 0.2) is 72.8 Å². The predicted octanol–water partition coefficient (Wildman–Crippen LogP) is 4.28. The van der Waals surface area contributed by atoms with Gasteiger partial charge in [0.1, 0.15) is 0 Å². The van der Waals surface area contributed by atoms with E-state index < -0.39 is 0 Å². The molecule has 0 radical (unpaired) electrons. The summed E-state index contributed by atoms with van der Waals surface area (Å²) in [5.41, 5.74) is 11.8. The Hall–Kier alpha value is -3.47. The first-order chi connectivity index (χ1) is 14.1. The Morgan fingerprint density at radius 3 is 2.38 bits per heavy atom. The number of amides is 1. The summed E-state index contributed by atoms with van der Waals surface area (Å²) >= 11 is 0. The highest BCUT2D eigenvalue weighted by molar-refractivity contribution is 5.94. The van der Waals surface area contributed by atoms with Gasteiger partial charge in [0.2, 0.25) is 0 Å². The average molecular weight is 386 g/mol. The van der Waals surface area contributed by atoms with Gasteiger partial charge in [-0.3, -0.25) is 4.79 Å². The number of hydrogen-bond donors (Lipinski definition) is 2. The van der Waals surface area contributed by atoms with E-state index in [2.05, 4.69) is 16.3 Å². The highest BCUT2D eigenvalue weighted by atomic mass is 16.2. The van der Waals surface area contributed by atoms with Crippen LogP contribution in [0.1, 0.15) is 15.9 Å². The zero-order valence-electron chi connectivity index (χ0n) is 16.6. The fourth-order valence-electron chi connectivity index (χ4n) is 3.65. The van der Waals surface area contributed by atoms with Crippen molar-refractivity contribution in [1.29, 1.82) is 0 Å². The van der Waals surface area contributed by atoms with E-state index in [9.17, 15) is 4.79 Å². The number of piperazine rings is 1. The van der Waals surface area contributed by atoms with Crippen LogP contribution in [-0.4, -0.2) is 37.0 Å². The third-order valence-electron chi connectivity index (χ3n) is 5.29. The van der Waals surface area contributed by atoms with Crippen molar-refractivity contribution in [3.63, 3.8) is 0 Å². The quantitative estimate of drug-likeness (QED) is 0.657. The number of benzene rings is 3. The van der Waals surface area contributed by atoms with Gasteiger partial charge in [0.15, 0.2) is 0 Å². The zero-order valence-corrected chi connectivity index (χ0v) is 16.6. The molecule has 1 heterocycles. The molecule has 0 bridgehead atoms. The molecule has 5 nitrogen and oxygen atoms in total. The molecule has 5 heteroatoms. The molecule has 0 aromatic heterocycles. The van der Waals surface area contributed by atoms with E-state index in [0.717, 1.165) is 41.3 Å². The summed E-state index contributed by atoms with van der Waals surface area (Å²) in [6.45, 7) is 5.02. The van der Waals surface area contributed by atoms with Crippen LogP contribution < -0.4 is 16.0 Å². The van der Waals surface area contributed by atoms with Crippen LogP contribution >= 0.6 is 0 Å². The van der Waals surface area contributed by atoms with Gasteiger partial charge in [0.05, 0.1) is 11.4 Å². The van der Waals surface area contributed by atoms with Crippen molar-refractivity contribution in [2.75, 3.05) is 42.1 Å². The van der Waals surface area contributed by atoms with Crippen LogP contribution in [0.25, 0.3) is 0 Å². The lowest BCUT2D eigenvalue weighted by Gasteiger charge is -2.36. The maximum atomic E-state index is 12.8. The van der Waals surface area contributed by atoms with E-state index in [4.69, 9.17) is 5.73 Å². The molecule has 1 fully saturated rings. The second-order valence-electron chi connectivity index (χ2n) is 7.41. The zero-order chi connectivity index (χ0) is 20.2. The summed E-state index contributed by atoms with van der Waals surface area (Å²) in [5, 5.41) is 3.39. The number of aryl methyl sites for hydroxylation is 1. The van der Waals surface area contributed by atoms with Gasteiger partial charge in [-0.25, -0.2) is 0 Å². The maximum Gasteiger partial charge on any atom is 0.253 e. The first-order valence-electron chi connectivity index (χ1n) is 9.93. The molecule has 3 aromatic carbocycles. The molecule has 3 aromatic rings. The van der Waals surface area contributed by atoms with Crippen LogP contribution in [0.4, 0.5) is 22.7 Å². The van der Waals surface area contributed by atoms with E-state index in [1.165, 1.54) is 0 Å². The number of rotatable bonds is 4. The van der Waals surface area contributed by atoms with Gasteiger partial charge in [-0.2, -0.15) is 0 Å². The number of nitrogens with two attached hydrogens (primary N) is 1. The molecular weight excluding hydrogens is 360 g/mol. The van der Waals surface area contributed by atoms with Gasteiger partial charge in [-0.15, -0.1) is 0 Å². The number of hydrogen-bond acceptors (Lipinski definition) is 4. The Morgan fingerprint density at radius 2 is 1.66 bits per heavy atom. The lowest BCUT2D eigenvalue weighted by atomic mass is 10.1. The van der Waals surface area contributed by atoms with E-state index in [1.54, 1.807) is 0 Å². The van der Waals surface area contributed by atoms with Gasteiger partial charge in [0.25, 0.3) is 5.91 Å². The fourth-order valence-corrected chi connectivity index (χ4v) is 3.65. The molecule has 0 spiro atoms. The number of nitrogens with zero attached hydrogens (tertiary/aromatic N) is 2. The summed E-state index contributed by atoms with van der Waals surface area (Å²) in [6.07, 6.45) is 0. The topological polar surface area (TPSA) is 61.6 Å². The highest BCUT2D eigenvalue weighted by Gasteiger charge is 2.22. The predicted molar refractivity (Wildman–Crippen MR) is 120 cm³/mol. The Kier molecular flexibility index (Phi) is 5.38. The van der Waals surface area contributed by atoms with Crippen molar-refractivity contribution in [3.8, 4) is 0 Å². The Balaban J connectivity index is 1.43. The molecule has 1 saturated heterocycles. The van der Waals surface area contributed by atoms with Crippen molar-refractivity contribution in [2.45, 2.75) is 6.92 Å². The summed E-state index contributed by atoms with van der Waals surface area (Å²) in [4.78, 5) is 17.0. The van der Waals surface area contributed by atoms with E-state index >= 15 is 0 Å². The molecule has 1 aliphatic rings. The standard InChI is InChI=1S/C24H26N4O/c1-18-6-5-7-19(16-18)24(29)28-14-12-27(13-15-28)21-10-11-22(25)23(17-21)26-20-8-3-2-4-9-20/h2-11,16-17,26H,12-15,25H2,1H3. The van der Waals surface area contributed by atoms with Gasteiger partial charge in [0, 0.05) is 43.1 Å². The molecule has 0 atom stereocenters. The van der Waals surface area contributed by atoms with Gasteiger partial charge in [-0.1, -0.05) is 35.9 Å². The van der Waals surface area contributed by atoms with E-state index in [-0.39, 0.29) is 5.91 Å². The third kappa shape index (κ3) is 4.35. The maximum absolute atomic E-state index is 12.8. The summed E-state index contributed by atoms with van der Waals surface area (Å²) in [6, 6.07) is 23.9. The second-order valence-corrected chi connectivity index (χ2v) is 7.41. The molecule has 4 rings (SSSR count). The van der Waals surface area contributed by atoms with E-state index in [1.807, 2.05) is 78.6 Å². The molecule has 3 N–H and O–H groups in total. The minimum absolute atomic E-state index is 0.108. The number of nitrogens with one attached hydrogen (secondary N) is 1. The second kappa shape index (κ2) is 8.27. The first kappa shape index (κ1) is 18.9. The lowest BCUT2D eigenvalue weighted by Crippen LogP contribution is -2.48. The molecule has 29 heavy (non-hydrogen) atoms. The molecule has 0 unspecified atom stereocenters. The lowest BCUT2D eigenvalue weighted by molar-refractivity contribution is 0.0746. The fraction of sp³-hybridized carbons (Fsp3) is 0.208. The van der Waals surface area contributed by atoms with Crippen LogP contribution in [0.3, 0.4) is 0 Å². The number of anilines is 4. The molecule has 148 valence electrons. The normalized spacial score (nSPS) is 14.0. The molecule has 0 aliphatic carbocycles. The van der Waals surface area contributed by atoms with Gasteiger partial charge in [-0.05, 0) is 49.4 Å². The number of para-hydroxylation sites is 1. The number of nitrogen functional groups attached to an aromatic ring is 1. The summed E-state index contributed by atoms with van der Waals surface area (Å²) in [7, 11) is 0. The number of carbonyl (C=O) groups excluding carboxylic acids is 1. The first-order valence-corrected chi connectivity index (χ1v) is 9.93. The van der Waals surface area contributed by atoms with Crippen LogP contribution in [-0.2, 0) is 0 Å². The van der Waals surface area contributed by atoms with E-state index in [0.29, 0.717) is 18.8 Å². The molecule has 1 aliphatic heterocycles. The van der Waals surface area contributed by atoms with Crippen LogP contribution in [0, 0.1) is 6.92 Å². The Labute approximate surface area is 171 Å². The monoisotopic (exact) mass is 386 g/mol. The third-order valence-corrected chi connectivity index (χ3v) is 5.29. The SMILES string of the molecule is Cc1cccc(C(=O)N2CCN(c3ccc(N)c(Nc4ccccc4)c3)CC2)c1. The highest BCUT2D eigenvalue weighted by Crippen LogP contribution is 2.29. The van der Waals surface area contributed by atoms with Gasteiger partial charge >= 0.3 is 0 Å². The van der Waals surface area contributed by atoms with Crippen LogP contribution in [0.2, 0.25) is 0 Å². The van der Waals surface area contributed by atoms with Crippen molar-refractivity contribution >= 4 is 28.7 Å². The van der Waals surface area contributed by atoms with Gasteiger partial charge < -0.3 is 20.9 Å². The molecule has 1 amide bonds. The summed E-state index contributed by atoms with van der Waals surface area (Å²) < 4.78 is 0. The molecular formula is C24H26N4O. The smallest absolute Gasteiger partial charge is 0.253 e. The van der Waals surface area contributed by atoms with Crippen molar-refractivity contribution in [3.05, 3.63) is 83.9 Å². The number of carbonyl (C=O) groups is 1. The Bertz CT molecular complexity index is 995. The Morgan fingerprint density at radius 1 is 0.897 bits per heavy atom. The minimum atomic E-state index is 0.108. The molecule has 0 saturated carbocycles. The summed E-state index contributed by atoms with van der Waals surface area (Å²) in [5.74, 6) is 0.108. The van der Waals surface area contributed by atoms with Crippen LogP contribution in [0.5, 0.6) is 0 Å². The minimum Gasteiger partial charge on any atom is -0.397 e. The largest absolute Gasteiger partial charge is 0.397 e. The van der Waals surface area contributed by atoms with Crippen molar-refractivity contribution in [2.24, 2.45) is 0 Å². The van der Waals surface area contributed by atoms with Crippen molar-refractivity contribution < 1.29 is 4.79 Å². The van der Waals surface area contributed by atoms with Crippen molar-refractivity contribution in [1.82, 2.24) is 4.90 Å². The average Bonchev–Trinajstić information content (AvgIpc) is 2.76.